The molecular formula is C40H46BrF6N7O6. The molecule has 20 heteroatoms. The lowest BCUT2D eigenvalue weighted by Gasteiger charge is -2.39. The molecule has 0 bridgehead atoms. The summed E-state index contributed by atoms with van der Waals surface area (Å²) >= 11 is 3.50. The molecular weight excluding hydrogens is 868 g/mol. The van der Waals surface area contributed by atoms with E-state index in [2.05, 4.69) is 41.4 Å². The van der Waals surface area contributed by atoms with Crippen LogP contribution in [0.4, 0.5) is 48.3 Å². The first-order valence-corrected chi connectivity index (χ1v) is 20.2. The number of halogens is 7. The molecule has 0 saturated carbocycles. The van der Waals surface area contributed by atoms with Crippen LogP contribution in [0.2, 0.25) is 0 Å². The molecule has 0 radical (unpaired) electrons. The standard InChI is InChI=1S/C40H46BrF6N7O6/c1-4-26-21-60-37-32(54(26)23-39(42,43)44)8-7-31-36(37)28(40(45,46)47)16-35(55)53(31)9-5-6-12-57-13-10-52-11-14-58-27(20-52)22-59-33-15-24(2)29(41)17-30(33)50-38(56)51-34-19-48-25(3)18-49-34/h7-8,15-19,26-27H,4-6,9-14,20-23H2,1-3H3,(H2,49,50,51,56)/t26-,27+/m1/s1. The van der Waals surface area contributed by atoms with Gasteiger partial charge in [-0.1, -0.05) is 22.9 Å². The Morgan fingerprint density at radius 2 is 1.82 bits per heavy atom. The number of benzene rings is 2. The highest BCUT2D eigenvalue weighted by Gasteiger charge is 2.41. The van der Waals surface area contributed by atoms with E-state index < -0.39 is 47.5 Å². The van der Waals surface area contributed by atoms with Crippen molar-refractivity contribution in [1.82, 2.24) is 19.4 Å². The topological polar surface area (TPSA) is 132 Å². The molecule has 4 aromatic rings. The average Bonchev–Trinajstić information content (AvgIpc) is 3.18. The van der Waals surface area contributed by atoms with Gasteiger partial charge in [-0.2, -0.15) is 26.3 Å². The number of nitrogens with one attached hydrogen (secondary N) is 2. The lowest BCUT2D eigenvalue weighted by Crippen LogP contribution is -2.47. The molecule has 13 nitrogen and oxygen atoms in total. The lowest BCUT2D eigenvalue weighted by molar-refractivity contribution is -0.136. The van der Waals surface area contributed by atoms with E-state index in [4.69, 9.17) is 18.9 Å². The van der Waals surface area contributed by atoms with Gasteiger partial charge in [-0.05, 0) is 62.9 Å². The van der Waals surface area contributed by atoms with Crippen molar-refractivity contribution in [1.29, 1.82) is 0 Å². The molecule has 2 N–H and O–H groups in total. The molecule has 60 heavy (non-hydrogen) atoms. The maximum Gasteiger partial charge on any atom is 0.417 e. The van der Waals surface area contributed by atoms with Crippen molar-refractivity contribution in [2.75, 3.05) is 74.7 Å². The molecule has 2 aromatic carbocycles. The quantitative estimate of drug-likeness (QED) is 0.0895. The second-order valence-electron chi connectivity index (χ2n) is 14.6. The number of pyridine rings is 1. The molecule has 326 valence electrons. The van der Waals surface area contributed by atoms with Crippen LogP contribution in [0.1, 0.15) is 43.0 Å². The fourth-order valence-electron chi connectivity index (χ4n) is 7.11. The maximum absolute atomic E-state index is 14.3. The Balaban J connectivity index is 0.998. The van der Waals surface area contributed by atoms with Crippen molar-refractivity contribution in [2.24, 2.45) is 0 Å². The van der Waals surface area contributed by atoms with Crippen molar-refractivity contribution >= 4 is 50.1 Å². The third-order valence-electron chi connectivity index (χ3n) is 10.2. The van der Waals surface area contributed by atoms with E-state index in [0.29, 0.717) is 81.3 Å². The Morgan fingerprint density at radius 3 is 2.53 bits per heavy atom. The van der Waals surface area contributed by atoms with E-state index >= 15 is 0 Å². The first-order valence-electron chi connectivity index (χ1n) is 19.5. The lowest BCUT2D eigenvalue weighted by atomic mass is 10.0. The largest absolute Gasteiger partial charge is 0.489 e. The van der Waals surface area contributed by atoms with Crippen LogP contribution in [0.5, 0.6) is 11.5 Å². The van der Waals surface area contributed by atoms with Crippen LogP contribution >= 0.6 is 15.9 Å². The average molecular weight is 915 g/mol. The molecule has 2 aromatic heterocycles. The number of rotatable bonds is 15. The maximum atomic E-state index is 14.3. The van der Waals surface area contributed by atoms with Gasteiger partial charge in [0.1, 0.15) is 31.6 Å². The van der Waals surface area contributed by atoms with Crippen molar-refractivity contribution in [3.8, 4) is 11.5 Å². The zero-order valence-corrected chi connectivity index (χ0v) is 34.8. The highest BCUT2D eigenvalue weighted by atomic mass is 79.9. The summed E-state index contributed by atoms with van der Waals surface area (Å²) in [6, 6.07) is 5.41. The van der Waals surface area contributed by atoms with E-state index in [0.717, 1.165) is 14.9 Å². The van der Waals surface area contributed by atoms with Crippen LogP contribution in [-0.2, 0) is 22.2 Å². The van der Waals surface area contributed by atoms with Gasteiger partial charge >= 0.3 is 18.4 Å². The molecule has 1 saturated heterocycles. The second-order valence-corrected chi connectivity index (χ2v) is 15.5. The molecule has 4 heterocycles. The molecule has 0 unspecified atom stereocenters. The smallest absolute Gasteiger partial charge is 0.417 e. The number of aromatic nitrogens is 3. The molecule has 0 spiro atoms. The van der Waals surface area contributed by atoms with Gasteiger partial charge in [0.25, 0.3) is 5.56 Å². The summed E-state index contributed by atoms with van der Waals surface area (Å²) in [5, 5.41) is 5.01. The third-order valence-corrected chi connectivity index (χ3v) is 11.0. The fourth-order valence-corrected chi connectivity index (χ4v) is 7.46. The van der Waals surface area contributed by atoms with Crippen molar-refractivity contribution < 1.29 is 50.1 Å². The monoisotopic (exact) mass is 913 g/mol. The van der Waals surface area contributed by atoms with Crippen molar-refractivity contribution in [2.45, 2.75) is 71.1 Å². The number of fused-ring (bicyclic) bond motifs is 3. The Labute approximate surface area is 350 Å². The zero-order valence-electron chi connectivity index (χ0n) is 33.2. The number of nitrogens with zero attached hydrogens (tertiary/aromatic N) is 5. The van der Waals surface area contributed by atoms with E-state index in [9.17, 15) is 35.9 Å². The molecule has 2 amide bonds. The van der Waals surface area contributed by atoms with Gasteiger partial charge in [-0.15, -0.1) is 0 Å². The molecule has 2 aliphatic heterocycles. The number of hydrogen-bond donors (Lipinski definition) is 2. The SMILES string of the molecule is CC[C@@H]1COc2c(ccc3c2c(C(F)(F)F)cc(=O)n3CCCCOCCN2CCO[C@H](COc3cc(C)c(Br)cc3NC(=O)Nc3cnc(C)cn3)C2)N1CC(F)(F)F. The number of ether oxygens (including phenoxy) is 4. The Morgan fingerprint density at radius 1 is 1.02 bits per heavy atom. The molecule has 6 rings (SSSR count). The van der Waals surface area contributed by atoms with Crippen LogP contribution in [0, 0.1) is 13.8 Å². The second kappa shape index (κ2) is 19.4. The van der Waals surface area contributed by atoms with Crippen LogP contribution in [-0.4, -0.2) is 103 Å². The predicted octanol–water partition coefficient (Wildman–Crippen LogP) is 7.95. The van der Waals surface area contributed by atoms with Crippen LogP contribution in [0.3, 0.4) is 0 Å². The summed E-state index contributed by atoms with van der Waals surface area (Å²) in [4.78, 5) is 37.3. The van der Waals surface area contributed by atoms with E-state index in [1.807, 2.05) is 13.0 Å². The minimum atomic E-state index is -4.95. The number of amides is 2. The molecule has 2 atom stereocenters. The number of carbonyl (C=O) groups excluding carboxylic acids is 1. The summed E-state index contributed by atoms with van der Waals surface area (Å²) in [7, 11) is 0. The van der Waals surface area contributed by atoms with Gasteiger partial charge in [-0.25, -0.2) is 9.78 Å². The highest BCUT2D eigenvalue weighted by molar-refractivity contribution is 9.10. The predicted molar refractivity (Wildman–Crippen MR) is 216 cm³/mol. The van der Waals surface area contributed by atoms with Gasteiger partial charge in [0.2, 0.25) is 0 Å². The van der Waals surface area contributed by atoms with Gasteiger partial charge in [0.15, 0.2) is 11.6 Å². The number of alkyl halides is 6. The summed E-state index contributed by atoms with van der Waals surface area (Å²) in [5.74, 6) is 0.435. The van der Waals surface area contributed by atoms with Gasteiger partial charge in [-0.3, -0.25) is 20.0 Å². The number of carbonyl (C=O) groups is 1. The first-order chi connectivity index (χ1) is 28.5. The van der Waals surface area contributed by atoms with Crippen molar-refractivity contribution in [3.63, 3.8) is 0 Å². The Hall–Kier alpha value is -4.66. The number of morpholine rings is 1. The summed E-state index contributed by atoms with van der Waals surface area (Å²) < 4.78 is 109. The van der Waals surface area contributed by atoms with Crippen LogP contribution < -0.4 is 30.6 Å². The molecule has 2 aliphatic rings. The third kappa shape index (κ3) is 11.4. The normalized spacial score (nSPS) is 17.3. The number of anilines is 3. The minimum absolute atomic E-state index is 0.0614. The minimum Gasteiger partial charge on any atom is -0.489 e. The summed E-state index contributed by atoms with van der Waals surface area (Å²) in [6.07, 6.45) is -5.65. The van der Waals surface area contributed by atoms with Gasteiger partial charge < -0.3 is 33.7 Å². The Kier molecular flexibility index (Phi) is 14.5. The Bertz CT molecular complexity index is 2190. The zero-order chi connectivity index (χ0) is 43.2. The number of hydrogen-bond acceptors (Lipinski definition) is 10. The summed E-state index contributed by atoms with van der Waals surface area (Å²) in [6.45, 7) is 7.12. The van der Waals surface area contributed by atoms with Crippen LogP contribution in [0.25, 0.3) is 10.9 Å². The van der Waals surface area contributed by atoms with Gasteiger partial charge in [0, 0.05) is 43.3 Å². The molecule has 0 aliphatic carbocycles. The number of urea groups is 1. The van der Waals surface area contributed by atoms with Crippen LogP contribution in [0.15, 0.2) is 52.0 Å². The van der Waals surface area contributed by atoms with E-state index in [-0.39, 0.29) is 49.2 Å². The molecule has 1 fully saturated rings. The van der Waals surface area contributed by atoms with Crippen molar-refractivity contribution in [3.05, 3.63) is 74.4 Å². The fraction of sp³-hybridized carbons (Fsp3) is 0.500. The first kappa shape index (κ1) is 44.9. The highest BCUT2D eigenvalue weighted by Crippen LogP contribution is 2.46. The number of aryl methyl sites for hydroxylation is 3. The van der Waals surface area contributed by atoms with E-state index in [1.54, 1.807) is 26.1 Å². The number of unbranched alkanes of at least 4 members (excludes halogenated alkanes) is 1. The van der Waals surface area contributed by atoms with E-state index in [1.165, 1.54) is 22.9 Å². The summed E-state index contributed by atoms with van der Waals surface area (Å²) in [5.41, 5.74) is -0.232. The van der Waals surface area contributed by atoms with Gasteiger partial charge in [0.05, 0.1) is 65.2 Å².